The second-order valence-electron chi connectivity index (χ2n) is 4.93. The molecule has 0 saturated carbocycles. The molecule has 0 aliphatic rings. The monoisotopic (exact) mass is 362 g/mol. The van der Waals surface area contributed by atoms with Crippen molar-refractivity contribution in [2.24, 2.45) is 0 Å². The number of thioether (sulfide) groups is 1. The third-order valence-corrected chi connectivity index (χ3v) is 5.05. The number of hydrogen-bond acceptors (Lipinski definition) is 7. The molecule has 8 heteroatoms. The minimum atomic E-state index is -0.341. The van der Waals surface area contributed by atoms with Crippen LogP contribution in [0.2, 0.25) is 0 Å². The Morgan fingerprint density at radius 2 is 2.21 bits per heavy atom. The van der Waals surface area contributed by atoms with Gasteiger partial charge in [-0.25, -0.2) is 0 Å². The zero-order chi connectivity index (χ0) is 17.5. The van der Waals surface area contributed by atoms with Gasteiger partial charge >= 0.3 is 0 Å². The molecule has 2 aromatic rings. The fourth-order valence-corrected chi connectivity index (χ4v) is 3.66. The van der Waals surface area contributed by atoms with Crippen molar-refractivity contribution in [3.8, 4) is 0 Å². The van der Waals surface area contributed by atoms with Gasteiger partial charge in [0.2, 0.25) is 11.0 Å². The summed E-state index contributed by atoms with van der Waals surface area (Å²) in [5.74, 6) is -0.196. The van der Waals surface area contributed by atoms with Gasteiger partial charge in [0.05, 0.1) is 5.25 Å². The van der Waals surface area contributed by atoms with Gasteiger partial charge in [-0.05, 0) is 26.0 Å². The highest BCUT2D eigenvalue weighted by Gasteiger charge is 2.17. The Bertz CT molecular complexity index is 745. The quantitative estimate of drug-likeness (QED) is 0.425. The van der Waals surface area contributed by atoms with Crippen molar-refractivity contribution in [2.45, 2.75) is 23.4 Å². The summed E-state index contributed by atoms with van der Waals surface area (Å²) in [6.07, 6.45) is 1.74. The Hall–Kier alpha value is -2.19. The Labute approximate surface area is 148 Å². The predicted molar refractivity (Wildman–Crippen MR) is 99.0 cm³/mol. The van der Waals surface area contributed by atoms with E-state index < -0.39 is 0 Å². The number of Topliss-reactive ketones (excluding diaryl/α,β-unsaturated/α-hetero) is 1. The van der Waals surface area contributed by atoms with Crippen molar-refractivity contribution in [1.82, 2.24) is 10.2 Å². The van der Waals surface area contributed by atoms with Crippen LogP contribution < -0.4 is 10.6 Å². The van der Waals surface area contributed by atoms with E-state index in [-0.39, 0.29) is 16.9 Å². The minimum Gasteiger partial charge on any atom is -0.357 e. The van der Waals surface area contributed by atoms with E-state index in [9.17, 15) is 9.59 Å². The number of nitrogens with one attached hydrogen (secondary N) is 2. The van der Waals surface area contributed by atoms with Crippen LogP contribution in [0.25, 0.3) is 0 Å². The lowest BCUT2D eigenvalue weighted by atomic mass is 10.1. The van der Waals surface area contributed by atoms with Gasteiger partial charge in [0, 0.05) is 17.8 Å². The zero-order valence-electron chi connectivity index (χ0n) is 13.4. The molecule has 1 atom stereocenters. The number of rotatable bonds is 8. The average molecular weight is 362 g/mol. The second-order valence-corrected chi connectivity index (χ2v) is 7.49. The molecule has 0 bridgehead atoms. The van der Waals surface area contributed by atoms with E-state index in [2.05, 4.69) is 27.4 Å². The first kappa shape index (κ1) is 18.2. The topological polar surface area (TPSA) is 84.0 Å². The van der Waals surface area contributed by atoms with Gasteiger partial charge in [-0.15, -0.1) is 16.8 Å². The Morgan fingerprint density at radius 3 is 2.92 bits per heavy atom. The van der Waals surface area contributed by atoms with Crippen molar-refractivity contribution in [1.29, 1.82) is 0 Å². The smallest absolute Gasteiger partial charge is 0.237 e. The average Bonchev–Trinajstić information content (AvgIpc) is 3.00. The molecule has 2 rings (SSSR count). The van der Waals surface area contributed by atoms with E-state index in [1.54, 1.807) is 37.3 Å². The Kier molecular flexibility index (Phi) is 6.51. The molecule has 1 unspecified atom stereocenters. The fraction of sp³-hybridized carbons (Fsp3) is 0.250. The standard InChI is InChI=1S/C16H18N4O2S2/c1-4-8-17-15-19-20-16(24-15)23-11(3)14(22)18-13-7-5-6-12(9-13)10(2)21/h4-7,9,11H,1,8H2,2-3H3,(H,17,19)(H,18,22). The number of carbonyl (C=O) groups excluding carboxylic acids is 2. The molecule has 0 saturated heterocycles. The van der Waals surface area contributed by atoms with Crippen molar-refractivity contribution < 1.29 is 9.59 Å². The molecule has 126 valence electrons. The van der Waals surface area contributed by atoms with Crippen LogP contribution in [0.5, 0.6) is 0 Å². The summed E-state index contributed by atoms with van der Waals surface area (Å²) in [4.78, 5) is 23.7. The van der Waals surface area contributed by atoms with E-state index in [4.69, 9.17) is 0 Å². The molecule has 24 heavy (non-hydrogen) atoms. The maximum Gasteiger partial charge on any atom is 0.237 e. The van der Waals surface area contributed by atoms with E-state index in [1.165, 1.54) is 30.0 Å². The molecule has 0 aliphatic heterocycles. The number of anilines is 2. The third-order valence-electron chi connectivity index (χ3n) is 2.99. The summed E-state index contributed by atoms with van der Waals surface area (Å²) in [5, 5.41) is 14.3. The first-order valence-corrected chi connectivity index (χ1v) is 8.96. The SMILES string of the molecule is C=CCNc1nnc(SC(C)C(=O)Nc2cccc(C(C)=O)c2)s1. The molecule has 6 nitrogen and oxygen atoms in total. The number of ketones is 1. The molecule has 0 fully saturated rings. The van der Waals surface area contributed by atoms with Crippen LogP contribution in [0.4, 0.5) is 10.8 Å². The molecule has 0 spiro atoms. The molecule has 1 heterocycles. The van der Waals surface area contributed by atoms with Gasteiger partial charge in [0.15, 0.2) is 10.1 Å². The Balaban J connectivity index is 1.94. The van der Waals surface area contributed by atoms with Crippen molar-refractivity contribution in [2.75, 3.05) is 17.2 Å². The highest BCUT2D eigenvalue weighted by Crippen LogP contribution is 2.29. The molecular weight excluding hydrogens is 344 g/mol. The number of carbonyl (C=O) groups is 2. The molecule has 1 aromatic carbocycles. The van der Waals surface area contributed by atoms with Crippen LogP contribution in [0.1, 0.15) is 24.2 Å². The number of benzene rings is 1. The lowest BCUT2D eigenvalue weighted by Gasteiger charge is -2.10. The van der Waals surface area contributed by atoms with E-state index >= 15 is 0 Å². The number of hydrogen-bond donors (Lipinski definition) is 2. The fourth-order valence-electron chi connectivity index (χ4n) is 1.75. The second kappa shape index (κ2) is 8.60. The van der Waals surface area contributed by atoms with Crippen LogP contribution in [-0.4, -0.2) is 33.7 Å². The van der Waals surface area contributed by atoms with E-state index in [1.807, 2.05) is 0 Å². The van der Waals surface area contributed by atoms with Crippen LogP contribution in [0.3, 0.4) is 0 Å². The van der Waals surface area contributed by atoms with Crippen molar-refractivity contribution in [3.63, 3.8) is 0 Å². The first-order chi connectivity index (χ1) is 11.5. The predicted octanol–water partition coefficient (Wildman–Crippen LogP) is 3.46. The molecule has 0 radical (unpaired) electrons. The summed E-state index contributed by atoms with van der Waals surface area (Å²) >= 11 is 2.72. The van der Waals surface area contributed by atoms with Crippen LogP contribution in [0, 0.1) is 0 Å². The van der Waals surface area contributed by atoms with Crippen LogP contribution >= 0.6 is 23.1 Å². The van der Waals surface area contributed by atoms with Crippen LogP contribution in [-0.2, 0) is 4.79 Å². The molecule has 2 N–H and O–H groups in total. The number of nitrogens with zero attached hydrogens (tertiary/aromatic N) is 2. The van der Waals surface area contributed by atoms with Crippen LogP contribution in [0.15, 0.2) is 41.3 Å². The molecule has 0 aliphatic carbocycles. The zero-order valence-corrected chi connectivity index (χ0v) is 15.0. The highest BCUT2D eigenvalue weighted by atomic mass is 32.2. The molecule has 1 amide bonds. The summed E-state index contributed by atoms with van der Waals surface area (Å²) in [7, 11) is 0. The van der Waals surface area contributed by atoms with Crippen molar-refractivity contribution in [3.05, 3.63) is 42.5 Å². The summed E-state index contributed by atoms with van der Waals surface area (Å²) in [6.45, 7) is 7.53. The summed E-state index contributed by atoms with van der Waals surface area (Å²) in [6, 6.07) is 6.88. The van der Waals surface area contributed by atoms with Gasteiger partial charge in [0.1, 0.15) is 0 Å². The van der Waals surface area contributed by atoms with Gasteiger partial charge in [0.25, 0.3) is 0 Å². The molecule has 1 aromatic heterocycles. The van der Waals surface area contributed by atoms with Gasteiger partial charge in [-0.1, -0.05) is 41.3 Å². The highest BCUT2D eigenvalue weighted by molar-refractivity contribution is 8.02. The van der Waals surface area contributed by atoms with Gasteiger partial charge < -0.3 is 10.6 Å². The number of aromatic nitrogens is 2. The summed E-state index contributed by atoms with van der Waals surface area (Å²) < 4.78 is 0.710. The first-order valence-electron chi connectivity index (χ1n) is 7.26. The van der Waals surface area contributed by atoms with Gasteiger partial charge in [-0.3, -0.25) is 9.59 Å². The lowest BCUT2D eigenvalue weighted by Crippen LogP contribution is -2.22. The number of amides is 1. The minimum absolute atomic E-state index is 0.0399. The molecular formula is C16H18N4O2S2. The van der Waals surface area contributed by atoms with E-state index in [0.717, 1.165) is 0 Å². The summed E-state index contributed by atoms with van der Waals surface area (Å²) in [5.41, 5.74) is 1.17. The van der Waals surface area contributed by atoms with Crippen molar-refractivity contribution >= 4 is 45.6 Å². The normalized spacial score (nSPS) is 11.6. The maximum absolute atomic E-state index is 12.3. The maximum atomic E-state index is 12.3. The van der Waals surface area contributed by atoms with Gasteiger partial charge in [-0.2, -0.15) is 0 Å². The van der Waals surface area contributed by atoms with E-state index in [0.29, 0.717) is 27.3 Å². The third kappa shape index (κ3) is 5.17. The Morgan fingerprint density at radius 1 is 1.42 bits per heavy atom. The lowest BCUT2D eigenvalue weighted by molar-refractivity contribution is -0.115. The largest absolute Gasteiger partial charge is 0.357 e.